The molecular formula is C20H26F7N7. The van der Waals surface area contributed by atoms with E-state index in [1.807, 2.05) is 0 Å². The number of aryl methyl sites for hydroxylation is 1. The zero-order valence-electron chi connectivity index (χ0n) is 18.4. The van der Waals surface area contributed by atoms with Crippen LogP contribution in [0, 0.1) is 5.92 Å². The van der Waals surface area contributed by atoms with Gasteiger partial charge in [-0.25, -0.2) is 27.5 Å². The first-order valence-electron chi connectivity index (χ1n) is 11.0. The molecule has 2 heterocycles. The number of hydrogen-bond donors (Lipinski definition) is 3. The van der Waals surface area contributed by atoms with Gasteiger partial charge in [-0.05, 0) is 25.7 Å². The molecule has 2 saturated carbocycles. The Bertz CT molecular complexity index is 964. The van der Waals surface area contributed by atoms with E-state index in [0.29, 0.717) is 0 Å². The summed E-state index contributed by atoms with van der Waals surface area (Å²) in [7, 11) is 1.31. The summed E-state index contributed by atoms with van der Waals surface area (Å²) in [5, 5.41) is 9.10. The lowest BCUT2D eigenvalue weighted by molar-refractivity contribution is -0.143. The van der Waals surface area contributed by atoms with Crippen molar-refractivity contribution >= 4 is 11.9 Å². The first-order valence-corrected chi connectivity index (χ1v) is 11.0. The zero-order valence-corrected chi connectivity index (χ0v) is 18.4. The molecular weight excluding hydrogens is 471 g/mol. The lowest BCUT2D eigenvalue weighted by Gasteiger charge is -2.44. The van der Waals surface area contributed by atoms with Crippen LogP contribution in [-0.2, 0) is 18.9 Å². The molecule has 14 heteroatoms. The Labute approximate surface area is 191 Å². The van der Waals surface area contributed by atoms with Gasteiger partial charge in [0.25, 0.3) is 0 Å². The number of nitrogens with zero attached hydrogens (tertiary/aromatic N) is 4. The Morgan fingerprint density at radius 3 is 2.15 bits per heavy atom. The molecule has 0 amide bonds. The Hall–Kier alpha value is -2.54. The summed E-state index contributed by atoms with van der Waals surface area (Å²) in [4.78, 5) is 8.68. The molecule has 3 aliphatic rings. The highest BCUT2D eigenvalue weighted by Gasteiger charge is 2.53. The van der Waals surface area contributed by atoms with Crippen LogP contribution in [0.1, 0.15) is 62.6 Å². The van der Waals surface area contributed by atoms with Gasteiger partial charge in [0.15, 0.2) is 17.3 Å². The normalized spacial score (nSPS) is 29.4. The monoisotopic (exact) mass is 497 g/mol. The van der Waals surface area contributed by atoms with Crippen molar-refractivity contribution in [3.05, 3.63) is 17.5 Å². The molecule has 0 spiro atoms. The van der Waals surface area contributed by atoms with E-state index in [-0.39, 0.29) is 56.0 Å². The van der Waals surface area contributed by atoms with Crippen LogP contribution in [0.3, 0.4) is 0 Å². The van der Waals surface area contributed by atoms with Crippen molar-refractivity contribution in [1.82, 2.24) is 20.4 Å². The van der Waals surface area contributed by atoms with Gasteiger partial charge in [-0.3, -0.25) is 10.00 Å². The minimum atomic E-state index is -4.84. The van der Waals surface area contributed by atoms with Crippen molar-refractivity contribution in [1.29, 1.82) is 0 Å². The highest BCUT2D eigenvalue weighted by atomic mass is 19.4. The van der Waals surface area contributed by atoms with Crippen LogP contribution in [0.15, 0.2) is 16.2 Å². The van der Waals surface area contributed by atoms with Crippen molar-refractivity contribution in [2.45, 2.75) is 81.1 Å². The van der Waals surface area contributed by atoms with E-state index >= 15 is 0 Å². The fourth-order valence-corrected chi connectivity index (χ4v) is 4.96. The van der Waals surface area contributed by atoms with Crippen molar-refractivity contribution in [3.63, 3.8) is 0 Å². The number of nitrogens with two attached hydrogens (primary N) is 1. The predicted octanol–water partition coefficient (Wildman–Crippen LogP) is 3.86. The van der Waals surface area contributed by atoms with Crippen LogP contribution < -0.4 is 16.4 Å². The van der Waals surface area contributed by atoms with Crippen molar-refractivity contribution < 1.29 is 30.7 Å². The molecule has 1 atom stereocenters. The van der Waals surface area contributed by atoms with E-state index in [0.717, 1.165) is 10.9 Å². The molecule has 0 saturated heterocycles. The molecule has 4 N–H and O–H groups in total. The van der Waals surface area contributed by atoms with Crippen LogP contribution in [-0.4, -0.2) is 39.6 Å². The maximum atomic E-state index is 13.9. The second kappa shape index (κ2) is 8.29. The molecule has 4 rings (SSSR count). The molecule has 2 fully saturated rings. The summed E-state index contributed by atoms with van der Waals surface area (Å²) >= 11 is 0. The van der Waals surface area contributed by atoms with Gasteiger partial charge in [0.05, 0.1) is 11.6 Å². The number of alkyl halides is 7. The lowest BCUT2D eigenvalue weighted by Crippen LogP contribution is -2.62. The van der Waals surface area contributed by atoms with Crippen molar-refractivity contribution in [3.8, 4) is 0 Å². The van der Waals surface area contributed by atoms with Gasteiger partial charge in [0, 0.05) is 44.8 Å². The van der Waals surface area contributed by atoms with E-state index in [1.54, 1.807) is 0 Å². The molecule has 1 aromatic heterocycles. The number of aliphatic imine (C=N–C) groups is 2. The maximum Gasteiger partial charge on any atom is 0.435 e. The Morgan fingerprint density at radius 2 is 1.59 bits per heavy atom. The fraction of sp³-hybridized carbons (Fsp3) is 0.750. The number of nitrogens with one attached hydrogen (secondary N) is 2. The molecule has 7 nitrogen and oxygen atoms in total. The van der Waals surface area contributed by atoms with Gasteiger partial charge in [-0.1, -0.05) is 0 Å². The third kappa shape index (κ3) is 4.95. The third-order valence-electron chi connectivity index (χ3n) is 6.67. The summed E-state index contributed by atoms with van der Waals surface area (Å²) in [6.45, 7) is 0. The van der Waals surface area contributed by atoms with Crippen LogP contribution >= 0.6 is 0 Å². The van der Waals surface area contributed by atoms with E-state index in [2.05, 4.69) is 25.7 Å². The molecule has 34 heavy (non-hydrogen) atoms. The Morgan fingerprint density at radius 1 is 1.03 bits per heavy atom. The maximum absolute atomic E-state index is 13.9. The molecule has 1 unspecified atom stereocenters. The second-order valence-electron chi connectivity index (χ2n) is 9.27. The minimum Gasteiger partial charge on any atom is -0.370 e. The van der Waals surface area contributed by atoms with E-state index in [1.165, 1.54) is 7.05 Å². The van der Waals surface area contributed by atoms with Crippen LogP contribution in [0.5, 0.6) is 0 Å². The number of rotatable bonds is 3. The summed E-state index contributed by atoms with van der Waals surface area (Å²) in [6.07, 6.45) is -5.53. The molecule has 1 aliphatic heterocycles. The van der Waals surface area contributed by atoms with Gasteiger partial charge in [-0.2, -0.15) is 18.3 Å². The predicted molar refractivity (Wildman–Crippen MR) is 109 cm³/mol. The Kier molecular flexibility index (Phi) is 6.00. The molecule has 1 aromatic rings. The first kappa shape index (κ1) is 24.6. The van der Waals surface area contributed by atoms with Gasteiger partial charge in [0.2, 0.25) is 17.8 Å². The summed E-state index contributed by atoms with van der Waals surface area (Å²) in [6, 6.07) is -0.509. The summed E-state index contributed by atoms with van der Waals surface area (Å²) < 4.78 is 97.5. The van der Waals surface area contributed by atoms with Gasteiger partial charge >= 0.3 is 6.18 Å². The summed E-state index contributed by atoms with van der Waals surface area (Å²) in [5.74, 6) is -6.77. The van der Waals surface area contributed by atoms with Crippen LogP contribution in [0.2, 0.25) is 0 Å². The van der Waals surface area contributed by atoms with E-state index in [4.69, 9.17) is 5.73 Å². The highest BCUT2D eigenvalue weighted by Crippen LogP contribution is 2.48. The third-order valence-corrected chi connectivity index (χ3v) is 6.67. The average Bonchev–Trinajstić information content (AvgIpc) is 3.12. The topological polar surface area (TPSA) is 92.6 Å². The van der Waals surface area contributed by atoms with Crippen molar-refractivity contribution in [2.24, 2.45) is 28.7 Å². The Balaban J connectivity index is 1.76. The average molecular weight is 497 g/mol. The fourth-order valence-electron chi connectivity index (χ4n) is 4.96. The highest BCUT2D eigenvalue weighted by molar-refractivity contribution is 6.00. The first-order chi connectivity index (χ1) is 15.7. The standard InChI is InChI=1S/C20H26F7N7/c1-34-10-13(14(33-34)20(25,26)27)19(11-2-6-17(21,22)7-3-11)31-15(28)30-16(32-19)29-12-4-8-18(23,24)9-5-12/h10-12H,2-9H2,1H3,(H4,28,29,30,31,32). The number of aromatic nitrogens is 2. The van der Waals surface area contributed by atoms with Gasteiger partial charge in [-0.15, -0.1) is 0 Å². The number of halogens is 7. The van der Waals surface area contributed by atoms with E-state index in [9.17, 15) is 30.7 Å². The second-order valence-corrected chi connectivity index (χ2v) is 9.27. The number of guanidine groups is 2. The SMILES string of the molecule is Cn1cc(C2(C3CCC(F)(F)CC3)N=C(N)NC(=NC3CCC(F)(F)CC3)N2)c(C(F)(F)F)n1. The smallest absolute Gasteiger partial charge is 0.370 e. The summed E-state index contributed by atoms with van der Waals surface area (Å²) in [5.41, 5.74) is 2.53. The lowest BCUT2D eigenvalue weighted by atomic mass is 9.75. The van der Waals surface area contributed by atoms with Gasteiger partial charge in [0.1, 0.15) is 0 Å². The molecule has 2 aliphatic carbocycles. The zero-order chi connectivity index (χ0) is 24.9. The molecule has 0 bridgehead atoms. The number of hydrogen-bond acceptors (Lipinski definition) is 4. The van der Waals surface area contributed by atoms with Crippen LogP contribution in [0.25, 0.3) is 0 Å². The molecule has 0 radical (unpaired) electrons. The largest absolute Gasteiger partial charge is 0.435 e. The quantitative estimate of drug-likeness (QED) is 0.553. The van der Waals surface area contributed by atoms with Gasteiger partial charge < -0.3 is 11.1 Å². The molecule has 190 valence electrons. The van der Waals surface area contributed by atoms with Crippen LogP contribution in [0.4, 0.5) is 30.7 Å². The van der Waals surface area contributed by atoms with E-state index < -0.39 is 54.2 Å². The van der Waals surface area contributed by atoms with Crippen molar-refractivity contribution in [2.75, 3.05) is 0 Å². The molecule has 0 aromatic carbocycles. The minimum absolute atomic E-state index is 0.0305.